The van der Waals surface area contributed by atoms with Crippen LogP contribution >= 0.6 is 0 Å². The van der Waals surface area contributed by atoms with Crippen LogP contribution in [0.5, 0.6) is 5.75 Å². The Morgan fingerprint density at radius 3 is 2.48 bits per heavy atom. The van der Waals surface area contributed by atoms with Crippen LogP contribution in [0.15, 0.2) is 59.5 Å². The van der Waals surface area contributed by atoms with Gasteiger partial charge in [0.25, 0.3) is 10.0 Å². The highest BCUT2D eigenvalue weighted by atomic mass is 32.2. The third-order valence-corrected chi connectivity index (χ3v) is 4.32. The molecular weight excluding hydrogens is 318 g/mol. The van der Waals surface area contributed by atoms with Crippen LogP contribution in [-0.2, 0) is 14.8 Å². The number of hydrogen-bond acceptors (Lipinski definition) is 5. The summed E-state index contributed by atoms with van der Waals surface area (Å²) >= 11 is 0. The van der Waals surface area contributed by atoms with E-state index in [0.29, 0.717) is 17.0 Å². The van der Waals surface area contributed by atoms with Crippen molar-refractivity contribution in [3.05, 3.63) is 60.2 Å². The quantitative estimate of drug-likeness (QED) is 0.804. The van der Waals surface area contributed by atoms with Crippen LogP contribution in [-0.4, -0.2) is 21.5 Å². The molecule has 0 atom stereocenters. The summed E-state index contributed by atoms with van der Waals surface area (Å²) in [5, 5.41) is 10.4. The lowest BCUT2D eigenvalue weighted by Gasteiger charge is -2.09. The van der Waals surface area contributed by atoms with Gasteiger partial charge in [-0.15, -0.1) is 0 Å². The van der Waals surface area contributed by atoms with Gasteiger partial charge in [0, 0.05) is 5.69 Å². The lowest BCUT2D eigenvalue weighted by atomic mass is 10.2. The van der Waals surface area contributed by atoms with Gasteiger partial charge in [0.15, 0.2) is 0 Å². The van der Waals surface area contributed by atoms with Crippen molar-refractivity contribution in [2.24, 2.45) is 0 Å². The van der Waals surface area contributed by atoms with Crippen LogP contribution in [0, 0.1) is 0 Å². The second-order valence-electron chi connectivity index (χ2n) is 4.56. The lowest BCUT2D eigenvalue weighted by Crippen LogP contribution is -2.18. The maximum atomic E-state index is 12.3. The van der Waals surface area contributed by atoms with Gasteiger partial charge in [-0.3, -0.25) is 4.72 Å². The molecule has 0 radical (unpaired) electrons. The number of nitrogens with one attached hydrogen (secondary N) is 1. The van der Waals surface area contributed by atoms with Crippen LogP contribution in [0.1, 0.15) is 5.56 Å². The van der Waals surface area contributed by atoms with Crippen molar-refractivity contribution in [1.29, 1.82) is 0 Å². The van der Waals surface area contributed by atoms with E-state index < -0.39 is 16.0 Å². The smallest absolute Gasteiger partial charge is 0.261 e. The van der Waals surface area contributed by atoms with Gasteiger partial charge in [0.1, 0.15) is 5.75 Å². The van der Waals surface area contributed by atoms with E-state index in [1.54, 1.807) is 30.3 Å². The summed E-state index contributed by atoms with van der Waals surface area (Å²) in [5.74, 6) is -0.771. The van der Waals surface area contributed by atoms with Gasteiger partial charge in [-0.25, -0.2) is 8.42 Å². The minimum Gasteiger partial charge on any atom is -0.545 e. The number of ether oxygens (including phenoxy) is 1. The molecule has 2 aromatic carbocycles. The van der Waals surface area contributed by atoms with Gasteiger partial charge < -0.3 is 14.6 Å². The Labute approximate surface area is 134 Å². The summed E-state index contributed by atoms with van der Waals surface area (Å²) in [6.07, 6.45) is 2.19. The molecule has 6 nitrogen and oxygen atoms in total. The molecule has 120 valence electrons. The molecule has 7 heteroatoms. The van der Waals surface area contributed by atoms with Crippen molar-refractivity contribution < 1.29 is 23.1 Å². The first-order valence-electron chi connectivity index (χ1n) is 6.57. The number of benzene rings is 2. The molecule has 0 bridgehead atoms. The average Bonchev–Trinajstić information content (AvgIpc) is 2.53. The predicted octanol–water partition coefficient (Wildman–Crippen LogP) is 1.26. The number of hydrogen-bond donors (Lipinski definition) is 1. The average molecular weight is 332 g/mol. The van der Waals surface area contributed by atoms with Gasteiger partial charge in [-0.2, -0.15) is 0 Å². The number of carboxylic acids is 1. The highest BCUT2D eigenvalue weighted by molar-refractivity contribution is 7.92. The zero-order valence-electron chi connectivity index (χ0n) is 12.2. The monoisotopic (exact) mass is 332 g/mol. The molecule has 1 N–H and O–H groups in total. The van der Waals surface area contributed by atoms with Crippen LogP contribution in [0.25, 0.3) is 6.08 Å². The van der Waals surface area contributed by atoms with Gasteiger partial charge in [0.05, 0.1) is 18.0 Å². The zero-order chi connectivity index (χ0) is 16.9. The second kappa shape index (κ2) is 6.97. The van der Waals surface area contributed by atoms with E-state index in [2.05, 4.69) is 4.72 Å². The first-order valence-corrected chi connectivity index (χ1v) is 8.05. The summed E-state index contributed by atoms with van der Waals surface area (Å²) in [6.45, 7) is 0. The SMILES string of the molecule is COc1ccc(S(=O)(=O)Nc2cccc(/C=C/C(=O)[O-])c2)cc1. The third kappa shape index (κ3) is 4.58. The van der Waals surface area contributed by atoms with E-state index in [0.717, 1.165) is 6.08 Å². The van der Waals surface area contributed by atoms with Gasteiger partial charge >= 0.3 is 0 Å². The Hall–Kier alpha value is -2.80. The van der Waals surface area contributed by atoms with Crippen LogP contribution in [0.3, 0.4) is 0 Å². The molecular formula is C16H14NO5S-. The Bertz CT molecular complexity index is 826. The van der Waals surface area contributed by atoms with Gasteiger partial charge in [-0.1, -0.05) is 18.2 Å². The Morgan fingerprint density at radius 2 is 1.87 bits per heavy atom. The van der Waals surface area contributed by atoms with E-state index in [-0.39, 0.29) is 4.90 Å². The maximum absolute atomic E-state index is 12.3. The summed E-state index contributed by atoms with van der Waals surface area (Å²) < 4.78 is 32.0. The van der Waals surface area contributed by atoms with Crippen LogP contribution in [0.2, 0.25) is 0 Å². The van der Waals surface area contributed by atoms with Crippen molar-refractivity contribution in [2.45, 2.75) is 4.90 Å². The van der Waals surface area contributed by atoms with E-state index in [4.69, 9.17) is 4.74 Å². The van der Waals surface area contributed by atoms with Crippen LogP contribution in [0.4, 0.5) is 5.69 Å². The standard InChI is InChI=1S/C16H15NO5S/c1-22-14-6-8-15(9-7-14)23(20,21)17-13-4-2-3-12(11-13)5-10-16(18)19/h2-11,17H,1H3,(H,18,19)/p-1/b10-5+. The summed E-state index contributed by atoms with van der Waals surface area (Å²) in [4.78, 5) is 10.5. The molecule has 2 aromatic rings. The summed E-state index contributed by atoms with van der Waals surface area (Å²) in [7, 11) is -2.25. The molecule has 0 aliphatic heterocycles. The first kappa shape index (κ1) is 16.6. The molecule has 23 heavy (non-hydrogen) atoms. The number of rotatable bonds is 6. The molecule has 0 amide bonds. The number of carbonyl (C=O) groups is 1. The highest BCUT2D eigenvalue weighted by Gasteiger charge is 2.14. The Kier molecular flexibility index (Phi) is 5.02. The van der Waals surface area contributed by atoms with E-state index >= 15 is 0 Å². The number of anilines is 1. The number of carboxylic acid groups (broad SMARTS) is 1. The van der Waals surface area contributed by atoms with Crippen molar-refractivity contribution in [3.8, 4) is 5.75 Å². The minimum absolute atomic E-state index is 0.0916. The zero-order valence-corrected chi connectivity index (χ0v) is 13.0. The molecule has 0 saturated carbocycles. The fourth-order valence-corrected chi connectivity index (χ4v) is 2.89. The normalized spacial score (nSPS) is 11.3. The van der Waals surface area contributed by atoms with E-state index in [1.165, 1.54) is 31.4 Å². The van der Waals surface area contributed by atoms with Crippen LogP contribution < -0.4 is 14.6 Å². The molecule has 0 aliphatic carbocycles. The fourth-order valence-electron chi connectivity index (χ4n) is 1.84. The Balaban J connectivity index is 2.22. The number of methoxy groups -OCH3 is 1. The molecule has 0 heterocycles. The maximum Gasteiger partial charge on any atom is 0.261 e. The largest absolute Gasteiger partial charge is 0.545 e. The van der Waals surface area contributed by atoms with Crippen molar-refractivity contribution in [3.63, 3.8) is 0 Å². The molecule has 2 rings (SSSR count). The van der Waals surface area contributed by atoms with E-state index in [1.807, 2.05) is 0 Å². The third-order valence-electron chi connectivity index (χ3n) is 2.92. The molecule has 0 aliphatic rings. The van der Waals surface area contributed by atoms with Crippen molar-refractivity contribution in [1.82, 2.24) is 0 Å². The molecule has 0 fully saturated rings. The van der Waals surface area contributed by atoms with Crippen molar-refractivity contribution >= 4 is 27.8 Å². The Morgan fingerprint density at radius 1 is 1.17 bits per heavy atom. The van der Waals surface area contributed by atoms with Crippen molar-refractivity contribution in [2.75, 3.05) is 11.8 Å². The number of carbonyl (C=O) groups excluding carboxylic acids is 1. The predicted molar refractivity (Wildman–Crippen MR) is 84.3 cm³/mol. The molecule has 0 spiro atoms. The topological polar surface area (TPSA) is 95.5 Å². The second-order valence-corrected chi connectivity index (χ2v) is 6.24. The highest BCUT2D eigenvalue weighted by Crippen LogP contribution is 2.20. The fraction of sp³-hybridized carbons (Fsp3) is 0.0625. The number of aliphatic carboxylic acids is 1. The summed E-state index contributed by atoms with van der Waals surface area (Å²) in [5.41, 5.74) is 0.852. The number of sulfonamides is 1. The summed E-state index contributed by atoms with van der Waals surface area (Å²) in [6, 6.07) is 12.3. The first-order chi connectivity index (χ1) is 10.9. The molecule has 0 saturated heterocycles. The minimum atomic E-state index is -3.74. The van der Waals surface area contributed by atoms with Gasteiger partial charge in [-0.05, 0) is 48.0 Å². The molecule has 0 unspecified atom stereocenters. The lowest BCUT2D eigenvalue weighted by molar-refractivity contribution is -0.297. The van der Waals surface area contributed by atoms with Gasteiger partial charge in [0.2, 0.25) is 0 Å². The van der Waals surface area contributed by atoms with E-state index in [9.17, 15) is 18.3 Å². The molecule has 0 aromatic heterocycles.